The molecular weight excluding hydrogens is 853 g/mol. The molecule has 0 radical (unpaired) electrons. The number of fused-ring (bicyclic) bond motifs is 4. The third-order valence-electron chi connectivity index (χ3n) is 11.8. The van der Waals surface area contributed by atoms with E-state index in [2.05, 4.69) is 159 Å². The molecule has 0 spiro atoms. The van der Waals surface area contributed by atoms with E-state index in [0.717, 1.165) is 10.5 Å². The number of benzene rings is 6. The van der Waals surface area contributed by atoms with Gasteiger partial charge in [-0.25, -0.2) is 0 Å². The van der Waals surface area contributed by atoms with E-state index in [0.29, 0.717) is 13.3 Å². The van der Waals surface area contributed by atoms with Gasteiger partial charge in [0.15, 0.2) is 0 Å². The second-order valence-corrected chi connectivity index (χ2v) is 53.0. The molecule has 0 heterocycles. The maximum Gasteiger partial charge on any atom is -0.147 e. The Bertz CT molecular complexity index is 2310. The van der Waals surface area contributed by atoms with Crippen molar-refractivity contribution in [1.82, 2.24) is 0 Å². The first kappa shape index (κ1) is 39.8. The molecule has 0 aromatic heterocycles. The molecule has 2 aliphatic carbocycles. The average molecular weight is 896 g/mol. The van der Waals surface area contributed by atoms with Crippen LogP contribution in [0, 0.1) is 0 Å². The number of halogens is 5. The van der Waals surface area contributed by atoms with Crippen LogP contribution in [0.3, 0.4) is 0 Å². The van der Waals surface area contributed by atoms with Crippen molar-refractivity contribution in [3.05, 3.63) is 155 Å². The summed E-state index contributed by atoms with van der Waals surface area (Å²) >= 11 is 15.7. The molecule has 266 valence electrons. The van der Waals surface area contributed by atoms with Crippen molar-refractivity contribution in [2.45, 2.75) is 42.3 Å². The van der Waals surface area contributed by atoms with Gasteiger partial charge in [-0.2, -0.15) is 0 Å². The molecule has 6 aromatic carbocycles. The summed E-state index contributed by atoms with van der Waals surface area (Å²) < 4.78 is 4.67. The molecular formula is C44H43Cl5Si2Zr. The first-order chi connectivity index (χ1) is 23.9. The summed E-state index contributed by atoms with van der Waals surface area (Å²) in [6, 6.07) is 43.0. The normalized spacial score (nSPS) is 16.8. The van der Waals surface area contributed by atoms with Crippen LogP contribution in [0.1, 0.15) is 49.8 Å². The second-order valence-electron chi connectivity index (χ2n) is 15.3. The molecule has 0 amide bonds. The summed E-state index contributed by atoms with van der Waals surface area (Å²) in [6.07, 6.45) is 6.00. The fourth-order valence-electron chi connectivity index (χ4n) is 10.0. The predicted molar refractivity (Wildman–Crippen MR) is 238 cm³/mol. The average Bonchev–Trinajstić information content (AvgIpc) is 3.64. The van der Waals surface area contributed by atoms with Gasteiger partial charge in [0.25, 0.3) is 0 Å². The van der Waals surface area contributed by atoms with Crippen LogP contribution in [0.2, 0.25) is 14.8 Å². The van der Waals surface area contributed by atoms with Crippen LogP contribution in [-0.4, -0.2) is 12.9 Å². The van der Waals surface area contributed by atoms with Crippen molar-refractivity contribution in [2.75, 3.05) is 0 Å². The van der Waals surface area contributed by atoms with E-state index >= 15 is 0 Å². The Kier molecular flexibility index (Phi) is 11.4. The van der Waals surface area contributed by atoms with E-state index in [1.54, 1.807) is 0 Å². The fraction of sp³-hybridized carbons (Fsp3) is 0.182. The molecule has 8 rings (SSSR count). The summed E-state index contributed by atoms with van der Waals surface area (Å²) in [5.41, 5.74) is 14.0. The Morgan fingerprint density at radius 1 is 0.558 bits per heavy atom. The van der Waals surface area contributed by atoms with E-state index in [1.165, 1.54) is 77.2 Å². The standard InChI is InChI=1S/2C20H15.C3H6Cl3Si.CH3.2ClH.H2Si.Zr/c2*1-14-12-16-8-5-11-19(20(16)13-14)18-10-4-7-15-6-2-3-9-17(15)18;1-2-3-7(4,5)6;;;;;/h2*2-13H,1H3;1-3H2;1H3;2*1H;1H2;. The number of allylic oxidation sites excluding steroid dienone is 2. The molecule has 2 aliphatic rings. The van der Waals surface area contributed by atoms with E-state index in [9.17, 15) is 0 Å². The zero-order chi connectivity index (χ0) is 34.9. The Morgan fingerprint density at radius 3 is 1.38 bits per heavy atom. The second kappa shape index (κ2) is 15.0. The maximum absolute atomic E-state index is 6.59. The smallest absolute Gasteiger partial charge is 0.147 e. The Morgan fingerprint density at radius 2 is 0.942 bits per heavy atom. The van der Waals surface area contributed by atoms with Gasteiger partial charge in [-0.1, -0.05) is 0 Å². The molecule has 2 unspecified atom stereocenters. The zero-order valence-electron chi connectivity index (χ0n) is 29.6. The Balaban J connectivity index is 0.00000232. The molecule has 0 aliphatic heterocycles. The Hall–Kier alpha value is -1.91. The van der Waals surface area contributed by atoms with E-state index in [4.69, 9.17) is 33.2 Å². The maximum atomic E-state index is 6.59. The fourth-order valence-corrected chi connectivity index (χ4v) is 38.7. The monoisotopic (exact) mass is 892 g/mol. The molecule has 8 heteroatoms. The third kappa shape index (κ3) is 6.81. The van der Waals surface area contributed by atoms with Gasteiger partial charge in [0.05, 0.1) is 0 Å². The zero-order valence-corrected chi connectivity index (χ0v) is 38.4. The number of hydrogen-bond acceptors (Lipinski definition) is 0. The van der Waals surface area contributed by atoms with Gasteiger partial charge in [0, 0.05) is 0 Å². The molecule has 0 N–H and O–H groups in total. The summed E-state index contributed by atoms with van der Waals surface area (Å²) in [7, 11) is 0. The van der Waals surface area contributed by atoms with Crippen LogP contribution in [0.5, 0.6) is 0 Å². The largest absolute Gasteiger partial charge is 0.147 e. The van der Waals surface area contributed by atoms with Crippen LogP contribution in [-0.2, 0) is 17.4 Å². The minimum Gasteiger partial charge on any atom is -0.147 e. The van der Waals surface area contributed by atoms with Crippen LogP contribution >= 0.6 is 58.1 Å². The van der Waals surface area contributed by atoms with E-state index in [-0.39, 0.29) is 24.8 Å². The van der Waals surface area contributed by atoms with Crippen molar-refractivity contribution < 1.29 is 17.4 Å². The summed E-state index contributed by atoms with van der Waals surface area (Å²) in [5.74, 6) is 0. The summed E-state index contributed by atoms with van der Waals surface area (Å²) in [4.78, 5) is 0. The quantitative estimate of drug-likeness (QED) is 0.105. The van der Waals surface area contributed by atoms with E-state index in [1.807, 2.05) is 0 Å². The van der Waals surface area contributed by atoms with Gasteiger partial charge in [0.1, 0.15) is 0 Å². The van der Waals surface area contributed by atoms with Gasteiger partial charge in [0.2, 0.25) is 0 Å². The van der Waals surface area contributed by atoms with Crippen molar-refractivity contribution in [3.63, 3.8) is 0 Å². The first-order valence-corrected chi connectivity index (χ1v) is 35.8. The minimum atomic E-state index is -4.03. The Labute approximate surface area is 338 Å². The molecule has 0 saturated carbocycles. The number of rotatable bonds is 8. The minimum absolute atomic E-state index is 0. The topological polar surface area (TPSA) is 0 Å². The predicted octanol–water partition coefficient (Wildman–Crippen LogP) is 14.5. The van der Waals surface area contributed by atoms with Crippen LogP contribution in [0.25, 0.3) is 56.0 Å². The van der Waals surface area contributed by atoms with Gasteiger partial charge in [-0.3, -0.25) is 0 Å². The van der Waals surface area contributed by atoms with Gasteiger partial charge < -0.3 is 0 Å². The van der Waals surface area contributed by atoms with Crippen LogP contribution in [0.4, 0.5) is 0 Å². The third-order valence-corrected chi connectivity index (χ3v) is 38.0. The first-order valence-electron chi connectivity index (χ1n) is 17.6. The molecule has 52 heavy (non-hydrogen) atoms. The molecule has 0 fully saturated rings. The summed E-state index contributed by atoms with van der Waals surface area (Å²) in [6.45, 7) is 7.22. The summed E-state index contributed by atoms with van der Waals surface area (Å²) in [5, 5.41) is 5.15. The van der Waals surface area contributed by atoms with Gasteiger partial charge in [-0.15, -0.1) is 24.8 Å². The molecule has 6 aromatic rings. The molecule has 2 atom stereocenters. The number of hydrogen-bond donors (Lipinski definition) is 0. The molecule has 0 nitrogen and oxygen atoms in total. The van der Waals surface area contributed by atoms with Crippen LogP contribution < -0.4 is 0 Å². The van der Waals surface area contributed by atoms with Crippen LogP contribution in [0.15, 0.2) is 132 Å². The molecule has 0 bridgehead atoms. The van der Waals surface area contributed by atoms with E-state index < -0.39 is 23.4 Å². The SMILES string of the molecule is CC1=Cc2c(-c3cccc4ccccc34)cccc2[CH]1[Zr]([CH3])(=[SiH2])([CH2]CC[Si](Cl)(Cl)Cl)[CH]1C(C)=Cc2c(-c3cccc4ccccc34)cccc21.Cl.Cl. The van der Waals surface area contributed by atoms with Crippen molar-refractivity contribution in [3.8, 4) is 22.3 Å². The van der Waals surface area contributed by atoms with Gasteiger partial charge in [-0.05, 0) is 0 Å². The van der Waals surface area contributed by atoms with Gasteiger partial charge >= 0.3 is 317 Å². The van der Waals surface area contributed by atoms with Crippen molar-refractivity contribution in [2.24, 2.45) is 0 Å². The van der Waals surface area contributed by atoms with Crippen molar-refractivity contribution >= 4 is 105 Å². The molecule has 0 saturated heterocycles. The van der Waals surface area contributed by atoms with Crippen molar-refractivity contribution in [1.29, 1.82) is 0 Å².